The molecule has 40 heavy (non-hydrogen) atoms. The minimum Gasteiger partial charge on any atom is -0.206 e. The molecule has 0 aliphatic heterocycles. The van der Waals surface area contributed by atoms with E-state index in [9.17, 15) is 22.0 Å². The first kappa shape index (κ1) is 27.8. The van der Waals surface area contributed by atoms with Crippen molar-refractivity contribution >= 4 is 27.1 Å². The van der Waals surface area contributed by atoms with Gasteiger partial charge in [0.2, 0.25) is 0 Å². The summed E-state index contributed by atoms with van der Waals surface area (Å²) in [7, 11) is 0. The molecule has 0 aromatic heterocycles. The molecule has 4 aromatic carbocycles. The zero-order valence-corrected chi connectivity index (χ0v) is 22.1. The summed E-state index contributed by atoms with van der Waals surface area (Å²) in [6.45, 7) is 2.23. The highest BCUT2D eigenvalue weighted by atomic mass is 19.4. The Morgan fingerprint density at radius 1 is 0.800 bits per heavy atom. The molecule has 1 unspecified atom stereocenters. The number of benzene rings is 4. The third-order valence-electron chi connectivity index (χ3n) is 7.69. The van der Waals surface area contributed by atoms with Crippen molar-refractivity contribution in [2.75, 3.05) is 0 Å². The summed E-state index contributed by atoms with van der Waals surface area (Å²) in [4.78, 5) is 0. The van der Waals surface area contributed by atoms with Gasteiger partial charge in [-0.25, -0.2) is 13.2 Å². The van der Waals surface area contributed by atoms with Gasteiger partial charge >= 0.3 is 6.18 Å². The molecule has 0 radical (unpaired) electrons. The maximum atomic E-state index is 15.0. The molecule has 0 spiro atoms. The number of allylic oxidation sites excluding steroid dienone is 2. The Morgan fingerprint density at radius 2 is 1.50 bits per heavy atom. The normalized spacial score (nSPS) is 15.7. The fraction of sp³-hybridized carbons (Fsp3) is 0.294. The minimum atomic E-state index is -4.93. The van der Waals surface area contributed by atoms with Gasteiger partial charge in [0.15, 0.2) is 5.82 Å². The second kappa shape index (κ2) is 11.4. The van der Waals surface area contributed by atoms with Gasteiger partial charge in [0, 0.05) is 5.92 Å². The van der Waals surface area contributed by atoms with Crippen LogP contribution < -0.4 is 0 Å². The Bertz CT molecular complexity index is 1670. The van der Waals surface area contributed by atoms with E-state index >= 15 is 4.39 Å². The highest BCUT2D eigenvalue weighted by Crippen LogP contribution is 2.36. The van der Waals surface area contributed by atoms with Crippen molar-refractivity contribution in [3.63, 3.8) is 0 Å². The summed E-state index contributed by atoms with van der Waals surface area (Å²) < 4.78 is 81.6. The van der Waals surface area contributed by atoms with Gasteiger partial charge < -0.3 is 0 Å². The molecule has 0 fully saturated rings. The van der Waals surface area contributed by atoms with Crippen molar-refractivity contribution in [3.8, 4) is 23.0 Å². The number of alkyl halides is 3. The first-order valence-corrected chi connectivity index (χ1v) is 13.6. The summed E-state index contributed by atoms with van der Waals surface area (Å²) in [6, 6.07) is 15.2. The van der Waals surface area contributed by atoms with E-state index in [1.165, 1.54) is 55.2 Å². The van der Waals surface area contributed by atoms with Crippen LogP contribution in [0.15, 0.2) is 60.7 Å². The third-order valence-corrected chi connectivity index (χ3v) is 7.69. The topological polar surface area (TPSA) is 0 Å². The van der Waals surface area contributed by atoms with E-state index < -0.39 is 34.6 Å². The van der Waals surface area contributed by atoms with Crippen LogP contribution in [-0.2, 0) is 0 Å². The predicted octanol–water partition coefficient (Wildman–Crippen LogP) is 10.8. The fourth-order valence-corrected chi connectivity index (χ4v) is 5.55. The number of hydrogen-bond donors (Lipinski definition) is 0. The van der Waals surface area contributed by atoms with E-state index in [4.69, 9.17) is 0 Å². The summed E-state index contributed by atoms with van der Waals surface area (Å²) in [6.07, 6.45) is 5.94. The van der Waals surface area contributed by atoms with Crippen LogP contribution in [0.5, 0.6) is 0 Å². The Labute approximate surface area is 229 Å². The first-order valence-electron chi connectivity index (χ1n) is 13.6. The highest BCUT2D eigenvalue weighted by molar-refractivity contribution is 5.93. The molecule has 0 nitrogen and oxygen atoms in total. The summed E-state index contributed by atoms with van der Waals surface area (Å²) >= 11 is 0. The molecule has 1 aliphatic rings. The molecule has 5 rings (SSSR count). The van der Waals surface area contributed by atoms with E-state index in [0.29, 0.717) is 11.1 Å². The number of fused-ring (bicyclic) bond motifs is 2. The van der Waals surface area contributed by atoms with Gasteiger partial charge in [-0.05, 0) is 93.9 Å². The predicted molar refractivity (Wildman–Crippen MR) is 149 cm³/mol. The van der Waals surface area contributed by atoms with Crippen molar-refractivity contribution in [2.24, 2.45) is 5.92 Å². The summed E-state index contributed by atoms with van der Waals surface area (Å²) in [5.74, 6) is -0.687. The van der Waals surface area contributed by atoms with Crippen molar-refractivity contribution in [1.82, 2.24) is 0 Å². The van der Waals surface area contributed by atoms with Crippen molar-refractivity contribution in [1.29, 1.82) is 0 Å². The van der Waals surface area contributed by atoms with Gasteiger partial charge in [0.05, 0.1) is 10.9 Å². The van der Waals surface area contributed by atoms with E-state index in [0.717, 1.165) is 47.6 Å². The molecular weight excluding hydrogens is 522 g/mol. The van der Waals surface area contributed by atoms with Crippen LogP contribution in [0.25, 0.3) is 38.2 Å². The molecule has 4 aromatic rings. The number of hydrogen-bond acceptors (Lipinski definition) is 0. The number of rotatable bonds is 6. The lowest BCUT2D eigenvalue weighted by Crippen LogP contribution is -2.05. The van der Waals surface area contributed by atoms with Gasteiger partial charge in [-0.15, -0.1) is 0 Å². The zero-order valence-electron chi connectivity index (χ0n) is 22.1. The lowest BCUT2D eigenvalue weighted by molar-refractivity contribution is -0.0696. The number of halogens is 6. The average Bonchev–Trinajstić information content (AvgIpc) is 2.92. The lowest BCUT2D eigenvalue weighted by atomic mass is 9.83. The molecule has 206 valence electrons. The van der Waals surface area contributed by atoms with Gasteiger partial charge in [-0.2, -0.15) is 13.2 Å². The second-order valence-corrected chi connectivity index (χ2v) is 10.5. The third kappa shape index (κ3) is 6.04. The molecule has 1 aliphatic carbocycles. The van der Waals surface area contributed by atoms with E-state index in [1.807, 2.05) is 24.3 Å². The monoisotopic (exact) mass is 550 g/mol. The zero-order chi connectivity index (χ0) is 28.4. The largest absolute Gasteiger partial charge is 0.458 e. The summed E-state index contributed by atoms with van der Waals surface area (Å²) in [5, 5.41) is 1.26. The van der Waals surface area contributed by atoms with Crippen LogP contribution in [0.4, 0.5) is 26.3 Å². The average molecular weight is 551 g/mol. The van der Waals surface area contributed by atoms with Crippen LogP contribution in [0.3, 0.4) is 0 Å². The second-order valence-electron chi connectivity index (χ2n) is 10.5. The molecule has 0 heterocycles. The van der Waals surface area contributed by atoms with E-state index in [-0.39, 0.29) is 5.39 Å². The Morgan fingerprint density at radius 3 is 2.17 bits per heavy atom. The van der Waals surface area contributed by atoms with Crippen LogP contribution in [0.1, 0.15) is 63.0 Å². The maximum Gasteiger partial charge on any atom is 0.458 e. The molecule has 0 bridgehead atoms. The van der Waals surface area contributed by atoms with Gasteiger partial charge in [0.25, 0.3) is 0 Å². The van der Waals surface area contributed by atoms with Crippen molar-refractivity contribution in [3.05, 3.63) is 89.3 Å². The van der Waals surface area contributed by atoms with Gasteiger partial charge in [0.1, 0.15) is 11.6 Å². The smallest absolute Gasteiger partial charge is 0.206 e. The first-order chi connectivity index (χ1) is 19.1. The number of unbranched alkanes of at least 4 members (excludes halogenated alkanes) is 2. The van der Waals surface area contributed by atoms with E-state index in [2.05, 4.69) is 25.1 Å². The SMILES string of the molecule is CCCCCC1CC=C(c2ccc3cc(-c4cc(F)c5c(F)c(C#CC(F)(F)F)c(F)cc5c4)ccc3c2)CC1. The quantitative estimate of drug-likeness (QED) is 0.127. The maximum absolute atomic E-state index is 15.0. The standard InChI is InChI=1S/C34H28F6/c1-2-3-4-5-21-6-8-22(9-7-21)23-10-11-25-17-26(13-12-24(25)16-23)27-18-28-20-30(35)29(14-15-34(38,39)40)33(37)32(28)31(36)19-27/h8,10-13,16-21H,2-7,9H2,1H3. The fourth-order valence-electron chi connectivity index (χ4n) is 5.55. The Balaban J connectivity index is 1.43. The van der Waals surface area contributed by atoms with Gasteiger partial charge in [-0.3, -0.25) is 0 Å². The van der Waals surface area contributed by atoms with Crippen LogP contribution >= 0.6 is 0 Å². The summed E-state index contributed by atoms with van der Waals surface area (Å²) in [5.41, 5.74) is 2.48. The molecule has 1 atom stereocenters. The van der Waals surface area contributed by atoms with Gasteiger partial charge in [-0.1, -0.05) is 68.9 Å². The van der Waals surface area contributed by atoms with Crippen LogP contribution in [0.2, 0.25) is 0 Å². The minimum absolute atomic E-state index is 0.102. The van der Waals surface area contributed by atoms with Crippen LogP contribution in [-0.4, -0.2) is 6.18 Å². The molecule has 0 saturated carbocycles. The highest BCUT2D eigenvalue weighted by Gasteiger charge is 2.24. The van der Waals surface area contributed by atoms with E-state index in [1.54, 1.807) is 0 Å². The van der Waals surface area contributed by atoms with Crippen molar-refractivity contribution in [2.45, 2.75) is 58.0 Å². The molecule has 6 heteroatoms. The van der Waals surface area contributed by atoms with Crippen LogP contribution in [0, 0.1) is 35.2 Å². The molecule has 0 N–H and O–H groups in total. The van der Waals surface area contributed by atoms with Crippen molar-refractivity contribution < 1.29 is 26.3 Å². The Hall–Kier alpha value is -3.72. The molecule has 0 amide bonds. The lowest BCUT2D eigenvalue weighted by Gasteiger charge is -2.22. The Kier molecular flexibility index (Phi) is 7.94. The molecular formula is C34H28F6. The molecule has 0 saturated heterocycles.